The minimum Gasteiger partial charge on any atom is -0.381 e. The molecular formula is C29H25F4N5O2. The predicted octanol–water partition coefficient (Wildman–Crippen LogP) is 5.41. The number of amides is 1. The molecule has 1 saturated heterocycles. The van der Waals surface area contributed by atoms with E-state index in [0.717, 1.165) is 11.1 Å². The Hall–Kier alpha value is -4.09. The van der Waals surface area contributed by atoms with Crippen molar-refractivity contribution < 1.29 is 27.1 Å². The van der Waals surface area contributed by atoms with Crippen LogP contribution >= 0.6 is 0 Å². The minimum atomic E-state index is -4.27. The monoisotopic (exact) mass is 551 g/mol. The lowest BCUT2D eigenvalue weighted by molar-refractivity contribution is -0.147. The number of aromatic nitrogens is 3. The number of nitrogens with one attached hydrogen (secondary N) is 1. The van der Waals surface area contributed by atoms with Gasteiger partial charge in [0.15, 0.2) is 5.82 Å². The summed E-state index contributed by atoms with van der Waals surface area (Å²) in [7, 11) is 0. The molecule has 4 aromatic rings. The third kappa shape index (κ3) is 5.47. The number of rotatable bonds is 7. The van der Waals surface area contributed by atoms with Gasteiger partial charge in [-0.3, -0.25) is 14.7 Å². The molecule has 7 nitrogen and oxygen atoms in total. The molecule has 1 amide bonds. The molecule has 6 rings (SSSR count). The number of nitrogens with zero attached hydrogens (tertiary/aromatic N) is 4. The Morgan fingerprint density at radius 3 is 2.70 bits per heavy atom. The summed E-state index contributed by atoms with van der Waals surface area (Å²) < 4.78 is 61.2. The number of halogens is 4. The Labute approximate surface area is 227 Å². The topological polar surface area (TPSA) is 72.3 Å². The highest BCUT2D eigenvalue weighted by Crippen LogP contribution is 2.32. The van der Waals surface area contributed by atoms with Crippen LogP contribution in [0, 0.1) is 11.7 Å². The SMILES string of the molecule is O=C(C=Cc1cnccc1-c1ccc2ncn(CC3COC3)c2c1F)Nc1ccc2c(c1)CN(CC(F)(F)F)C2. The first-order valence-corrected chi connectivity index (χ1v) is 12.8. The summed E-state index contributed by atoms with van der Waals surface area (Å²) in [6.07, 6.45) is 3.36. The van der Waals surface area contributed by atoms with E-state index in [1.807, 2.05) is 4.57 Å². The van der Waals surface area contributed by atoms with Crippen LogP contribution < -0.4 is 5.32 Å². The van der Waals surface area contributed by atoms with Gasteiger partial charge in [-0.2, -0.15) is 13.2 Å². The molecule has 0 atom stereocenters. The molecule has 11 heteroatoms. The van der Waals surface area contributed by atoms with Crippen molar-refractivity contribution in [3.63, 3.8) is 0 Å². The van der Waals surface area contributed by atoms with Crippen molar-refractivity contribution >= 4 is 28.7 Å². The zero-order valence-corrected chi connectivity index (χ0v) is 21.3. The van der Waals surface area contributed by atoms with Crippen LogP contribution in [0.3, 0.4) is 0 Å². The summed E-state index contributed by atoms with van der Waals surface area (Å²) in [5.74, 6) is -0.516. The number of hydrogen-bond acceptors (Lipinski definition) is 5. The summed E-state index contributed by atoms with van der Waals surface area (Å²) in [6, 6.07) is 10.2. The first kappa shape index (κ1) is 26.1. The van der Waals surface area contributed by atoms with Gasteiger partial charge in [0, 0.05) is 60.8 Å². The van der Waals surface area contributed by atoms with Gasteiger partial charge in [0.25, 0.3) is 0 Å². The molecule has 0 spiro atoms. The number of carbonyl (C=O) groups is 1. The molecule has 0 unspecified atom stereocenters. The molecule has 0 bridgehead atoms. The van der Waals surface area contributed by atoms with Crippen molar-refractivity contribution in [1.82, 2.24) is 19.4 Å². The van der Waals surface area contributed by atoms with Gasteiger partial charge in [0.1, 0.15) is 5.52 Å². The molecule has 2 aliphatic rings. The highest BCUT2D eigenvalue weighted by atomic mass is 19.4. The van der Waals surface area contributed by atoms with Crippen LogP contribution in [0.25, 0.3) is 28.2 Å². The van der Waals surface area contributed by atoms with E-state index >= 15 is 4.39 Å². The average Bonchev–Trinajstić information content (AvgIpc) is 3.47. The van der Waals surface area contributed by atoms with Crippen molar-refractivity contribution in [1.29, 1.82) is 0 Å². The second kappa shape index (κ2) is 10.5. The Kier molecular flexibility index (Phi) is 6.85. The summed E-state index contributed by atoms with van der Waals surface area (Å²) in [6.45, 7) is 1.30. The number of carbonyl (C=O) groups excluding carboxylic acids is 1. The lowest BCUT2D eigenvalue weighted by Crippen LogP contribution is -2.31. The Morgan fingerprint density at radius 1 is 1.10 bits per heavy atom. The first-order chi connectivity index (χ1) is 19.2. The van der Waals surface area contributed by atoms with Gasteiger partial charge in [0.2, 0.25) is 5.91 Å². The third-order valence-electron chi connectivity index (χ3n) is 7.10. The Balaban J connectivity index is 1.19. The van der Waals surface area contributed by atoms with Crippen LogP contribution in [-0.4, -0.2) is 51.3 Å². The molecule has 4 heterocycles. The highest BCUT2D eigenvalue weighted by molar-refractivity contribution is 6.02. The number of alkyl halides is 3. The second-order valence-corrected chi connectivity index (χ2v) is 10.1. The summed E-state index contributed by atoms with van der Waals surface area (Å²) in [4.78, 5) is 22.5. The molecule has 1 fully saturated rings. The normalized spacial score (nSPS) is 16.0. The van der Waals surface area contributed by atoms with Gasteiger partial charge in [0.05, 0.1) is 31.6 Å². The van der Waals surface area contributed by atoms with Crippen molar-refractivity contribution in [3.8, 4) is 11.1 Å². The van der Waals surface area contributed by atoms with Gasteiger partial charge < -0.3 is 14.6 Å². The lowest BCUT2D eigenvalue weighted by atomic mass is 10.00. The Morgan fingerprint density at radius 2 is 1.93 bits per heavy atom. The van der Waals surface area contributed by atoms with Crippen LogP contribution in [0.4, 0.5) is 23.2 Å². The van der Waals surface area contributed by atoms with Gasteiger partial charge in [-0.25, -0.2) is 9.37 Å². The van der Waals surface area contributed by atoms with E-state index in [9.17, 15) is 18.0 Å². The fourth-order valence-electron chi connectivity index (χ4n) is 5.18. The third-order valence-corrected chi connectivity index (χ3v) is 7.10. The molecule has 0 radical (unpaired) electrons. The van der Waals surface area contributed by atoms with Crippen molar-refractivity contribution in [2.45, 2.75) is 25.8 Å². The molecule has 40 heavy (non-hydrogen) atoms. The Bertz CT molecular complexity index is 1610. The lowest BCUT2D eigenvalue weighted by Gasteiger charge is -2.26. The van der Waals surface area contributed by atoms with Gasteiger partial charge >= 0.3 is 6.18 Å². The quantitative estimate of drug-likeness (QED) is 0.246. The maximum absolute atomic E-state index is 15.8. The van der Waals surface area contributed by atoms with E-state index in [0.29, 0.717) is 59.1 Å². The standard InChI is InChI=1S/C29H25F4N5O2/c30-27-24(4-5-25-28(27)38(17-35-25)11-18-14-40-15-18)23-7-8-34-10-19(23)2-6-26(39)36-22-3-1-20-12-37(13-21(20)9-22)16-29(31,32)33/h1-10,17-18H,11-16H2,(H,36,39). The average molecular weight is 552 g/mol. The molecule has 0 saturated carbocycles. The van der Waals surface area contributed by atoms with Crippen LogP contribution in [-0.2, 0) is 29.2 Å². The number of imidazole rings is 1. The molecule has 2 aliphatic heterocycles. The fourth-order valence-corrected chi connectivity index (χ4v) is 5.18. The number of anilines is 1. The molecule has 2 aromatic heterocycles. The predicted molar refractivity (Wildman–Crippen MR) is 142 cm³/mol. The van der Waals surface area contributed by atoms with Crippen molar-refractivity contribution in [3.05, 3.63) is 83.7 Å². The van der Waals surface area contributed by atoms with Crippen LogP contribution in [0.1, 0.15) is 16.7 Å². The number of benzene rings is 2. The van der Waals surface area contributed by atoms with Gasteiger partial charge in [-0.05, 0) is 53.1 Å². The number of fused-ring (bicyclic) bond motifs is 2. The number of ether oxygens (including phenoxy) is 1. The van der Waals surface area contributed by atoms with E-state index < -0.39 is 24.4 Å². The van der Waals surface area contributed by atoms with E-state index in [2.05, 4.69) is 15.3 Å². The summed E-state index contributed by atoms with van der Waals surface area (Å²) in [5, 5.41) is 2.75. The molecule has 1 N–H and O–H groups in total. The fraction of sp³-hybridized carbons (Fsp3) is 0.276. The van der Waals surface area contributed by atoms with Crippen molar-refractivity contribution in [2.75, 3.05) is 25.1 Å². The van der Waals surface area contributed by atoms with E-state index in [1.165, 1.54) is 11.0 Å². The zero-order valence-electron chi connectivity index (χ0n) is 21.3. The summed E-state index contributed by atoms with van der Waals surface area (Å²) >= 11 is 0. The van der Waals surface area contributed by atoms with E-state index in [-0.39, 0.29) is 13.1 Å². The number of hydrogen-bond donors (Lipinski definition) is 1. The smallest absolute Gasteiger partial charge is 0.381 e. The maximum Gasteiger partial charge on any atom is 0.401 e. The van der Waals surface area contributed by atoms with Gasteiger partial charge in [-0.1, -0.05) is 6.07 Å². The second-order valence-electron chi connectivity index (χ2n) is 10.1. The first-order valence-electron chi connectivity index (χ1n) is 12.8. The molecule has 206 valence electrons. The van der Waals surface area contributed by atoms with Gasteiger partial charge in [-0.15, -0.1) is 0 Å². The van der Waals surface area contributed by atoms with Crippen LogP contribution in [0.5, 0.6) is 0 Å². The zero-order chi connectivity index (χ0) is 27.9. The summed E-state index contributed by atoms with van der Waals surface area (Å²) in [5.41, 5.74) is 4.49. The van der Waals surface area contributed by atoms with Crippen molar-refractivity contribution in [2.24, 2.45) is 5.92 Å². The maximum atomic E-state index is 15.8. The molecule has 2 aromatic carbocycles. The molecule has 0 aliphatic carbocycles. The minimum absolute atomic E-state index is 0.163. The van der Waals surface area contributed by atoms with E-state index in [1.54, 1.807) is 61.2 Å². The highest BCUT2D eigenvalue weighted by Gasteiger charge is 2.33. The van der Waals surface area contributed by atoms with E-state index in [4.69, 9.17) is 4.74 Å². The molecular weight excluding hydrogens is 526 g/mol. The number of pyridine rings is 1. The van der Waals surface area contributed by atoms with Crippen LogP contribution in [0.2, 0.25) is 0 Å². The largest absolute Gasteiger partial charge is 0.401 e. The van der Waals surface area contributed by atoms with Crippen LogP contribution in [0.15, 0.2) is 61.2 Å².